The summed E-state index contributed by atoms with van der Waals surface area (Å²) in [6.45, 7) is 3.91. The summed E-state index contributed by atoms with van der Waals surface area (Å²) in [5.74, 6) is -1.61. The van der Waals surface area contributed by atoms with Gasteiger partial charge in [-0.25, -0.2) is 9.18 Å². The molecule has 0 spiro atoms. The van der Waals surface area contributed by atoms with Crippen LogP contribution in [-0.2, 0) is 0 Å². The summed E-state index contributed by atoms with van der Waals surface area (Å²) in [6.07, 6.45) is 1.34. The zero-order valence-corrected chi connectivity index (χ0v) is 17.0. The van der Waals surface area contributed by atoms with Gasteiger partial charge in [-0.1, -0.05) is 30.3 Å². The zero-order chi connectivity index (χ0) is 21.7. The zero-order valence-electron chi connectivity index (χ0n) is 17.0. The fourth-order valence-corrected chi connectivity index (χ4v) is 4.52. The lowest BCUT2D eigenvalue weighted by atomic mass is 10.0. The van der Waals surface area contributed by atoms with Gasteiger partial charge in [0.25, 0.3) is 0 Å². The average Bonchev–Trinajstić information content (AvgIpc) is 2.78. The highest BCUT2D eigenvalue weighted by molar-refractivity contribution is 5.97. The van der Waals surface area contributed by atoms with Crippen molar-refractivity contribution in [3.8, 4) is 5.75 Å². The molecular formula is C23H22FN3O4. The topological polar surface area (TPSA) is 83.8 Å². The van der Waals surface area contributed by atoms with Crippen LogP contribution in [0.4, 0.5) is 10.1 Å². The molecule has 1 fully saturated rings. The molecule has 2 atom stereocenters. The number of hydrogen-bond donors (Lipinski definition) is 2. The lowest BCUT2D eigenvalue weighted by Gasteiger charge is -2.38. The molecule has 0 amide bonds. The van der Waals surface area contributed by atoms with E-state index in [1.54, 1.807) is 4.57 Å². The van der Waals surface area contributed by atoms with Crippen molar-refractivity contribution in [3.63, 3.8) is 0 Å². The summed E-state index contributed by atoms with van der Waals surface area (Å²) in [6, 6.07) is 11.0. The molecule has 5 rings (SSSR count). The van der Waals surface area contributed by atoms with Gasteiger partial charge in [-0.15, -0.1) is 0 Å². The molecule has 2 aromatic carbocycles. The highest BCUT2D eigenvalue weighted by Crippen LogP contribution is 2.42. The van der Waals surface area contributed by atoms with E-state index in [9.17, 15) is 14.7 Å². The second-order valence-electron chi connectivity index (χ2n) is 8.04. The van der Waals surface area contributed by atoms with E-state index in [-0.39, 0.29) is 29.6 Å². The normalized spacial score (nSPS) is 20.5. The Morgan fingerprint density at radius 1 is 1.29 bits per heavy atom. The molecule has 7 nitrogen and oxygen atoms in total. The molecule has 0 bridgehead atoms. The van der Waals surface area contributed by atoms with Gasteiger partial charge in [0.05, 0.1) is 16.9 Å². The van der Waals surface area contributed by atoms with Crippen molar-refractivity contribution >= 4 is 22.6 Å². The van der Waals surface area contributed by atoms with Crippen LogP contribution >= 0.6 is 0 Å². The Morgan fingerprint density at radius 2 is 2.06 bits per heavy atom. The molecule has 2 aliphatic heterocycles. The maximum absolute atomic E-state index is 15.4. The first-order chi connectivity index (χ1) is 15.0. The third-order valence-electron chi connectivity index (χ3n) is 6.07. The third-order valence-corrected chi connectivity index (χ3v) is 6.07. The van der Waals surface area contributed by atoms with Crippen LogP contribution in [0.3, 0.4) is 0 Å². The van der Waals surface area contributed by atoms with E-state index < -0.39 is 17.2 Å². The van der Waals surface area contributed by atoms with E-state index in [2.05, 4.69) is 5.32 Å². The summed E-state index contributed by atoms with van der Waals surface area (Å²) in [7, 11) is 0. The first-order valence-corrected chi connectivity index (χ1v) is 10.3. The van der Waals surface area contributed by atoms with Gasteiger partial charge in [-0.05, 0) is 18.6 Å². The number of piperazine rings is 1. The molecule has 2 N–H and O–H groups in total. The Balaban J connectivity index is 1.67. The number of nitrogens with zero attached hydrogens (tertiary/aromatic N) is 2. The van der Waals surface area contributed by atoms with E-state index >= 15 is 4.39 Å². The standard InChI is InChI=1S/C23H22FN3O4/c1-13-12-31-22-19-15(21(28)16(23(29)30)10-27(13)19)9-17(24)20(22)26-8-7-25-18(11-26)14-5-3-2-4-6-14/h2-6,9-10,13,18,25H,7-8,11-12H2,1H3,(H,29,30)/t13-,18?/m0/s1. The van der Waals surface area contributed by atoms with Gasteiger partial charge in [-0.2, -0.15) is 0 Å². The SMILES string of the molecule is C[C@H]1COc2c(N3CCNC(c4ccccc4)C3)c(F)cc3c(=O)c(C(=O)O)cn1c23. The van der Waals surface area contributed by atoms with Crippen LogP contribution in [0.15, 0.2) is 47.4 Å². The molecule has 0 radical (unpaired) electrons. The molecule has 0 aliphatic carbocycles. The van der Waals surface area contributed by atoms with Crippen molar-refractivity contribution in [2.24, 2.45) is 0 Å². The van der Waals surface area contributed by atoms with Crippen molar-refractivity contribution in [2.45, 2.75) is 19.0 Å². The second-order valence-corrected chi connectivity index (χ2v) is 8.04. The fraction of sp³-hybridized carbons (Fsp3) is 0.304. The predicted molar refractivity (Wildman–Crippen MR) is 115 cm³/mol. The summed E-state index contributed by atoms with van der Waals surface area (Å²) in [4.78, 5) is 26.3. The van der Waals surface area contributed by atoms with E-state index in [1.165, 1.54) is 6.20 Å². The first-order valence-electron chi connectivity index (χ1n) is 10.3. The van der Waals surface area contributed by atoms with Crippen LogP contribution in [0, 0.1) is 5.82 Å². The lowest BCUT2D eigenvalue weighted by Crippen LogP contribution is -2.46. The molecule has 3 aromatic rings. The van der Waals surface area contributed by atoms with Gasteiger partial charge in [0.1, 0.15) is 17.9 Å². The third kappa shape index (κ3) is 3.14. The van der Waals surface area contributed by atoms with E-state index in [0.29, 0.717) is 36.6 Å². The van der Waals surface area contributed by atoms with Gasteiger partial charge >= 0.3 is 5.97 Å². The van der Waals surface area contributed by atoms with Gasteiger partial charge in [-0.3, -0.25) is 4.79 Å². The van der Waals surface area contributed by atoms with Crippen molar-refractivity contribution in [2.75, 3.05) is 31.1 Å². The quantitative estimate of drug-likeness (QED) is 0.674. The van der Waals surface area contributed by atoms with E-state index in [1.807, 2.05) is 42.2 Å². The molecule has 3 heterocycles. The molecule has 1 unspecified atom stereocenters. The van der Waals surface area contributed by atoms with Gasteiger partial charge < -0.3 is 24.6 Å². The highest BCUT2D eigenvalue weighted by Gasteiger charge is 2.32. The maximum atomic E-state index is 15.4. The molecule has 1 aromatic heterocycles. The Labute approximate surface area is 177 Å². The predicted octanol–water partition coefficient (Wildman–Crippen LogP) is 2.94. The highest BCUT2D eigenvalue weighted by atomic mass is 19.1. The second kappa shape index (κ2) is 7.39. The van der Waals surface area contributed by atoms with Crippen LogP contribution in [0.25, 0.3) is 10.9 Å². The molecule has 8 heteroatoms. The number of carboxylic acid groups (broad SMARTS) is 1. The summed E-state index contributed by atoms with van der Waals surface area (Å²) in [5, 5.41) is 12.9. The molecule has 1 saturated heterocycles. The van der Waals surface area contributed by atoms with Crippen LogP contribution in [0.1, 0.15) is 34.9 Å². The van der Waals surface area contributed by atoms with E-state index in [0.717, 1.165) is 11.6 Å². The number of anilines is 1. The molecule has 31 heavy (non-hydrogen) atoms. The Kier molecular flexibility index (Phi) is 4.66. The monoisotopic (exact) mass is 423 g/mol. The van der Waals surface area contributed by atoms with Crippen LogP contribution < -0.4 is 20.4 Å². The molecule has 160 valence electrons. The van der Waals surface area contributed by atoms with Gasteiger partial charge in [0, 0.05) is 31.9 Å². The summed E-state index contributed by atoms with van der Waals surface area (Å²) in [5.41, 5.74) is 0.800. The lowest BCUT2D eigenvalue weighted by molar-refractivity contribution is 0.0694. The Morgan fingerprint density at radius 3 is 2.81 bits per heavy atom. The average molecular weight is 423 g/mol. The Hall–Kier alpha value is -3.39. The molecule has 0 saturated carbocycles. The Bertz CT molecular complexity index is 1240. The number of benzene rings is 2. The molecule has 2 aliphatic rings. The minimum absolute atomic E-state index is 0.0244. The molecular weight excluding hydrogens is 401 g/mol. The van der Waals surface area contributed by atoms with Gasteiger partial charge in [0.15, 0.2) is 11.6 Å². The van der Waals surface area contributed by atoms with Gasteiger partial charge in [0.2, 0.25) is 5.43 Å². The van der Waals surface area contributed by atoms with E-state index in [4.69, 9.17) is 4.74 Å². The van der Waals surface area contributed by atoms with Crippen molar-refractivity contribution < 1.29 is 19.0 Å². The van der Waals surface area contributed by atoms with Crippen LogP contribution in [0.5, 0.6) is 5.75 Å². The van der Waals surface area contributed by atoms with Crippen LogP contribution in [-0.4, -0.2) is 41.9 Å². The van der Waals surface area contributed by atoms with Crippen molar-refractivity contribution in [1.82, 2.24) is 9.88 Å². The number of pyridine rings is 1. The minimum atomic E-state index is -1.33. The summed E-state index contributed by atoms with van der Waals surface area (Å²) >= 11 is 0. The fourth-order valence-electron chi connectivity index (χ4n) is 4.52. The number of halogens is 1. The van der Waals surface area contributed by atoms with Crippen molar-refractivity contribution in [3.05, 3.63) is 69.8 Å². The number of ether oxygens (including phenoxy) is 1. The first kappa shape index (κ1) is 19.6. The number of nitrogens with one attached hydrogen (secondary N) is 1. The van der Waals surface area contributed by atoms with Crippen LogP contribution in [0.2, 0.25) is 0 Å². The minimum Gasteiger partial charge on any atom is -0.487 e. The maximum Gasteiger partial charge on any atom is 0.341 e. The number of rotatable bonds is 3. The smallest absolute Gasteiger partial charge is 0.341 e. The number of aromatic carboxylic acids is 1. The largest absolute Gasteiger partial charge is 0.487 e. The van der Waals surface area contributed by atoms with Crippen molar-refractivity contribution in [1.29, 1.82) is 0 Å². The number of carboxylic acids is 1. The number of aromatic nitrogens is 1. The summed E-state index contributed by atoms with van der Waals surface area (Å²) < 4.78 is 23.1. The number of hydrogen-bond acceptors (Lipinski definition) is 5. The number of carbonyl (C=O) groups is 1.